The first-order valence-electron chi connectivity index (χ1n) is 3.89. The Morgan fingerprint density at radius 2 is 1.44 bits per heavy atom. The van der Waals surface area contributed by atoms with Gasteiger partial charge in [0.15, 0.2) is 0 Å². The Morgan fingerprint density at radius 1 is 1.00 bits per heavy atom. The Balaban J connectivity index is 3.33. The molecule has 0 aromatic heterocycles. The summed E-state index contributed by atoms with van der Waals surface area (Å²) >= 11 is 0. The highest BCUT2D eigenvalue weighted by molar-refractivity contribution is 7.86. The standard InChI is InChI=1S/C8H6F4O3S/c9-7(10,6-4-2-1-3-5-6)8(11,12)16(13,14)15/h1-5H,(H,13,14,15). The molecule has 1 aromatic carbocycles. The number of halogens is 4. The number of hydrogen-bond donors (Lipinski definition) is 1. The van der Waals surface area contributed by atoms with E-state index in [9.17, 15) is 26.0 Å². The van der Waals surface area contributed by atoms with Crippen molar-refractivity contribution in [3.05, 3.63) is 35.9 Å². The average Bonchev–Trinajstić information content (AvgIpc) is 2.17. The highest BCUT2D eigenvalue weighted by atomic mass is 32.2. The van der Waals surface area contributed by atoms with Gasteiger partial charge in [0.25, 0.3) is 0 Å². The number of benzene rings is 1. The van der Waals surface area contributed by atoms with Crippen LogP contribution in [-0.4, -0.2) is 18.2 Å². The molecular formula is C8H6F4O3S. The van der Waals surface area contributed by atoms with Gasteiger partial charge in [-0.15, -0.1) is 0 Å². The lowest BCUT2D eigenvalue weighted by molar-refractivity contribution is -0.167. The quantitative estimate of drug-likeness (QED) is 0.668. The monoisotopic (exact) mass is 258 g/mol. The maximum absolute atomic E-state index is 13.1. The lowest BCUT2D eigenvalue weighted by Crippen LogP contribution is -2.44. The topological polar surface area (TPSA) is 54.4 Å². The summed E-state index contributed by atoms with van der Waals surface area (Å²) < 4.78 is 80.4. The van der Waals surface area contributed by atoms with Gasteiger partial charge in [-0.25, -0.2) is 0 Å². The molecule has 0 saturated carbocycles. The van der Waals surface area contributed by atoms with Crippen LogP contribution in [0, 0.1) is 0 Å². The Bertz CT molecular complexity index is 469. The average molecular weight is 258 g/mol. The molecule has 1 rings (SSSR count). The third-order valence-corrected chi connectivity index (χ3v) is 2.73. The van der Waals surface area contributed by atoms with Crippen LogP contribution < -0.4 is 0 Å². The maximum Gasteiger partial charge on any atom is 0.436 e. The molecule has 0 spiro atoms. The van der Waals surface area contributed by atoms with Gasteiger partial charge in [-0.1, -0.05) is 30.3 Å². The molecule has 0 bridgehead atoms. The fraction of sp³-hybridized carbons (Fsp3) is 0.250. The summed E-state index contributed by atoms with van der Waals surface area (Å²) in [5.41, 5.74) is -1.20. The molecule has 1 aromatic rings. The van der Waals surface area contributed by atoms with Gasteiger partial charge in [-0.2, -0.15) is 26.0 Å². The fourth-order valence-corrected chi connectivity index (χ4v) is 1.42. The SMILES string of the molecule is O=S(=O)(O)C(F)(F)C(F)(F)c1ccccc1. The molecule has 1 N–H and O–H groups in total. The second-order valence-electron chi connectivity index (χ2n) is 2.93. The summed E-state index contributed by atoms with van der Waals surface area (Å²) in [5, 5.41) is -5.57. The molecule has 0 atom stereocenters. The van der Waals surface area contributed by atoms with Crippen molar-refractivity contribution in [2.45, 2.75) is 11.2 Å². The van der Waals surface area contributed by atoms with Crippen LogP contribution in [0.5, 0.6) is 0 Å². The first kappa shape index (κ1) is 12.9. The van der Waals surface area contributed by atoms with Crippen LogP contribution in [0.15, 0.2) is 30.3 Å². The summed E-state index contributed by atoms with van der Waals surface area (Å²) in [6.45, 7) is 0. The zero-order chi connectivity index (χ0) is 12.6. The van der Waals surface area contributed by atoms with Crippen LogP contribution in [0.25, 0.3) is 0 Å². The molecule has 0 aliphatic heterocycles. The minimum Gasteiger partial charge on any atom is -0.281 e. The Morgan fingerprint density at radius 3 is 1.81 bits per heavy atom. The number of alkyl halides is 4. The predicted molar refractivity (Wildman–Crippen MR) is 46.8 cm³/mol. The first-order valence-corrected chi connectivity index (χ1v) is 5.33. The molecule has 0 amide bonds. The smallest absolute Gasteiger partial charge is 0.281 e. The lowest BCUT2D eigenvalue weighted by Gasteiger charge is -2.23. The summed E-state index contributed by atoms with van der Waals surface area (Å²) in [7, 11) is -6.19. The molecule has 0 radical (unpaired) electrons. The molecule has 0 aliphatic rings. The van der Waals surface area contributed by atoms with Gasteiger partial charge < -0.3 is 0 Å². The van der Waals surface area contributed by atoms with E-state index in [4.69, 9.17) is 4.55 Å². The Kier molecular flexibility index (Phi) is 2.99. The van der Waals surface area contributed by atoms with E-state index in [2.05, 4.69) is 0 Å². The zero-order valence-electron chi connectivity index (χ0n) is 7.57. The zero-order valence-corrected chi connectivity index (χ0v) is 8.39. The van der Waals surface area contributed by atoms with E-state index < -0.39 is 26.9 Å². The van der Waals surface area contributed by atoms with Crippen LogP contribution >= 0.6 is 0 Å². The summed E-state index contributed by atoms with van der Waals surface area (Å²) in [6, 6.07) is 4.66. The van der Waals surface area contributed by atoms with Gasteiger partial charge in [-0.3, -0.25) is 4.55 Å². The van der Waals surface area contributed by atoms with Crippen LogP contribution in [0.3, 0.4) is 0 Å². The van der Waals surface area contributed by atoms with Crippen molar-refractivity contribution >= 4 is 10.1 Å². The molecule has 0 fully saturated rings. The first-order chi connectivity index (χ1) is 7.11. The molecule has 0 saturated heterocycles. The van der Waals surface area contributed by atoms with Crippen LogP contribution in [-0.2, 0) is 16.0 Å². The van der Waals surface area contributed by atoms with Crippen molar-refractivity contribution in [1.82, 2.24) is 0 Å². The van der Waals surface area contributed by atoms with E-state index >= 15 is 0 Å². The van der Waals surface area contributed by atoms with Crippen molar-refractivity contribution in [3.63, 3.8) is 0 Å². The second-order valence-corrected chi connectivity index (χ2v) is 4.40. The number of rotatable bonds is 3. The molecule has 0 heterocycles. The van der Waals surface area contributed by atoms with Crippen molar-refractivity contribution < 1.29 is 30.5 Å². The second kappa shape index (κ2) is 3.70. The van der Waals surface area contributed by atoms with Gasteiger partial charge in [-0.05, 0) is 0 Å². The molecular weight excluding hydrogens is 252 g/mol. The van der Waals surface area contributed by atoms with E-state index in [1.165, 1.54) is 6.07 Å². The maximum atomic E-state index is 13.1. The normalized spacial score (nSPS) is 13.8. The summed E-state index contributed by atoms with van der Waals surface area (Å²) in [6.07, 6.45) is 0. The highest BCUT2D eigenvalue weighted by Gasteiger charge is 2.66. The van der Waals surface area contributed by atoms with Crippen molar-refractivity contribution in [2.24, 2.45) is 0 Å². The largest absolute Gasteiger partial charge is 0.436 e. The lowest BCUT2D eigenvalue weighted by atomic mass is 10.1. The Hall–Kier alpha value is -1.15. The minimum atomic E-state index is -6.19. The minimum absolute atomic E-state index is 0.638. The van der Waals surface area contributed by atoms with Crippen LogP contribution in [0.4, 0.5) is 17.6 Å². The molecule has 0 unspecified atom stereocenters. The van der Waals surface area contributed by atoms with E-state index in [0.29, 0.717) is 12.1 Å². The van der Waals surface area contributed by atoms with E-state index in [0.717, 1.165) is 12.1 Å². The third kappa shape index (κ3) is 1.90. The summed E-state index contributed by atoms with van der Waals surface area (Å²) in [4.78, 5) is 0. The third-order valence-electron chi connectivity index (χ3n) is 1.83. The van der Waals surface area contributed by atoms with Crippen LogP contribution in [0.2, 0.25) is 0 Å². The van der Waals surface area contributed by atoms with Gasteiger partial charge >= 0.3 is 21.3 Å². The summed E-state index contributed by atoms with van der Waals surface area (Å²) in [5.74, 6) is -5.00. The molecule has 16 heavy (non-hydrogen) atoms. The van der Waals surface area contributed by atoms with Gasteiger partial charge in [0.2, 0.25) is 0 Å². The predicted octanol–water partition coefficient (Wildman–Crippen LogP) is 2.26. The van der Waals surface area contributed by atoms with Gasteiger partial charge in [0.1, 0.15) is 0 Å². The van der Waals surface area contributed by atoms with Crippen molar-refractivity contribution in [2.75, 3.05) is 0 Å². The van der Waals surface area contributed by atoms with Gasteiger partial charge in [0.05, 0.1) is 0 Å². The molecule has 3 nitrogen and oxygen atoms in total. The molecule has 8 heteroatoms. The van der Waals surface area contributed by atoms with E-state index in [1.807, 2.05) is 0 Å². The highest BCUT2D eigenvalue weighted by Crippen LogP contribution is 2.45. The van der Waals surface area contributed by atoms with E-state index in [-0.39, 0.29) is 0 Å². The van der Waals surface area contributed by atoms with Crippen molar-refractivity contribution in [1.29, 1.82) is 0 Å². The fourth-order valence-electron chi connectivity index (χ4n) is 0.977. The van der Waals surface area contributed by atoms with E-state index in [1.54, 1.807) is 0 Å². The Labute approximate surface area is 88.5 Å². The van der Waals surface area contributed by atoms with Crippen LogP contribution in [0.1, 0.15) is 5.56 Å². The molecule has 0 aliphatic carbocycles. The van der Waals surface area contributed by atoms with Gasteiger partial charge in [0, 0.05) is 5.56 Å². The van der Waals surface area contributed by atoms with Crippen molar-refractivity contribution in [3.8, 4) is 0 Å². The molecule has 90 valence electrons. The number of hydrogen-bond acceptors (Lipinski definition) is 2.